The minimum Gasteiger partial charge on any atom is -0.469 e. The smallest absolute Gasteiger partial charge is 0.417 e. The van der Waals surface area contributed by atoms with Gasteiger partial charge in [0.15, 0.2) is 5.54 Å². The molecule has 0 aliphatic rings. The van der Waals surface area contributed by atoms with E-state index < -0.39 is 36.1 Å². The summed E-state index contributed by atoms with van der Waals surface area (Å²) in [6.07, 6.45) is -7.71. The Morgan fingerprint density at radius 2 is 1.70 bits per heavy atom. The van der Waals surface area contributed by atoms with Crippen molar-refractivity contribution in [3.8, 4) is 0 Å². The minimum atomic E-state index is -5.03. The Balaban J connectivity index is 5.73. The zero-order valence-electron chi connectivity index (χ0n) is 11.5. The van der Waals surface area contributed by atoms with Gasteiger partial charge in [-0.2, -0.15) is 13.2 Å². The molecule has 0 aliphatic heterocycles. The van der Waals surface area contributed by atoms with E-state index in [-0.39, 0.29) is 11.5 Å². The molecule has 0 radical (unpaired) electrons. The topological polar surface area (TPSA) is 72.9 Å². The maximum absolute atomic E-state index is 13.2. The number of hydrogen-bond acceptors (Lipinski definition) is 5. The number of rotatable bonds is 4. The third kappa shape index (κ3) is 3.84. The second kappa shape index (κ2) is 6.58. The van der Waals surface area contributed by atoms with Gasteiger partial charge in [0.25, 0.3) is 0 Å². The molecular formula is C11H16F3NO5. The molecule has 116 valence electrons. The first-order valence-electron chi connectivity index (χ1n) is 5.62. The summed E-state index contributed by atoms with van der Waals surface area (Å²) >= 11 is 0. The molecule has 0 saturated heterocycles. The molecular weight excluding hydrogens is 283 g/mol. The molecule has 0 heterocycles. The van der Waals surface area contributed by atoms with Gasteiger partial charge in [0.05, 0.1) is 20.1 Å². The van der Waals surface area contributed by atoms with Crippen molar-refractivity contribution in [2.75, 3.05) is 13.7 Å². The summed E-state index contributed by atoms with van der Waals surface area (Å²) in [4.78, 5) is 34.0. The number of carbonyl (C=O) groups is 3. The molecule has 20 heavy (non-hydrogen) atoms. The zero-order chi connectivity index (χ0) is 16.1. The van der Waals surface area contributed by atoms with Gasteiger partial charge in [0, 0.05) is 6.92 Å². The Kier molecular flexibility index (Phi) is 5.98. The van der Waals surface area contributed by atoms with E-state index >= 15 is 0 Å². The molecule has 0 rings (SSSR count). The number of imide groups is 1. The fraction of sp³-hybridized carbons (Fsp3) is 0.727. The van der Waals surface area contributed by atoms with Crippen LogP contribution in [-0.4, -0.2) is 48.3 Å². The van der Waals surface area contributed by atoms with Gasteiger partial charge in [-0.15, -0.1) is 0 Å². The molecule has 9 heteroatoms. The highest BCUT2D eigenvalue weighted by atomic mass is 19.4. The standard InChI is InChI=1S/C11H16F3NO5/c1-5-20-9(18)15(7(2)16)10(3,11(12,13)14)6-8(17)19-4/h5-6H2,1-4H3. The first kappa shape index (κ1) is 18.2. The van der Waals surface area contributed by atoms with Crippen LogP contribution < -0.4 is 0 Å². The highest BCUT2D eigenvalue weighted by Crippen LogP contribution is 2.39. The second-order valence-corrected chi connectivity index (χ2v) is 4.08. The van der Waals surface area contributed by atoms with Crippen LogP contribution in [0, 0.1) is 0 Å². The lowest BCUT2D eigenvalue weighted by Gasteiger charge is -2.38. The Labute approximate surface area is 113 Å². The van der Waals surface area contributed by atoms with Gasteiger partial charge in [-0.3, -0.25) is 9.59 Å². The van der Waals surface area contributed by atoms with E-state index in [1.54, 1.807) is 0 Å². The summed E-state index contributed by atoms with van der Waals surface area (Å²) in [7, 11) is 0.904. The van der Waals surface area contributed by atoms with Crippen molar-refractivity contribution < 1.29 is 37.0 Å². The third-order valence-electron chi connectivity index (χ3n) is 2.59. The normalized spacial score (nSPS) is 14.2. The molecule has 0 aromatic heterocycles. The summed E-state index contributed by atoms with van der Waals surface area (Å²) < 4.78 is 48.2. The molecule has 0 N–H and O–H groups in total. The molecule has 6 nitrogen and oxygen atoms in total. The number of ether oxygens (including phenoxy) is 2. The average molecular weight is 299 g/mol. The lowest BCUT2D eigenvalue weighted by atomic mass is 9.94. The third-order valence-corrected chi connectivity index (χ3v) is 2.59. The SMILES string of the molecule is CCOC(=O)N(C(C)=O)C(C)(CC(=O)OC)C(F)(F)F. The number of nitrogens with zero attached hydrogens (tertiary/aromatic N) is 1. The van der Waals surface area contributed by atoms with E-state index in [2.05, 4.69) is 9.47 Å². The van der Waals surface area contributed by atoms with E-state index in [9.17, 15) is 27.6 Å². The minimum absolute atomic E-state index is 0.118. The Morgan fingerprint density at radius 1 is 1.20 bits per heavy atom. The van der Waals surface area contributed by atoms with Gasteiger partial charge in [-0.25, -0.2) is 9.69 Å². The van der Waals surface area contributed by atoms with Gasteiger partial charge < -0.3 is 9.47 Å². The van der Waals surface area contributed by atoms with Crippen molar-refractivity contribution in [1.82, 2.24) is 4.90 Å². The molecule has 0 spiro atoms. The van der Waals surface area contributed by atoms with Crippen molar-refractivity contribution >= 4 is 18.0 Å². The van der Waals surface area contributed by atoms with Crippen molar-refractivity contribution in [2.24, 2.45) is 0 Å². The number of halogens is 3. The highest BCUT2D eigenvalue weighted by molar-refractivity contribution is 5.92. The fourth-order valence-electron chi connectivity index (χ4n) is 1.52. The predicted octanol–water partition coefficient (Wildman–Crippen LogP) is 1.88. The molecule has 2 amide bonds. The lowest BCUT2D eigenvalue weighted by molar-refractivity contribution is -0.224. The summed E-state index contributed by atoms with van der Waals surface area (Å²) in [5, 5.41) is 0. The van der Waals surface area contributed by atoms with Crippen LogP contribution in [0.5, 0.6) is 0 Å². The summed E-state index contributed by atoms with van der Waals surface area (Å²) in [6.45, 7) is 2.50. The van der Waals surface area contributed by atoms with Gasteiger partial charge >= 0.3 is 18.2 Å². The van der Waals surface area contributed by atoms with Crippen LogP contribution in [0.1, 0.15) is 27.2 Å². The molecule has 0 aromatic carbocycles. The first-order valence-corrected chi connectivity index (χ1v) is 5.62. The Bertz CT molecular complexity index is 396. The molecule has 1 atom stereocenters. The number of alkyl halides is 3. The predicted molar refractivity (Wildman–Crippen MR) is 60.6 cm³/mol. The Morgan fingerprint density at radius 3 is 2.00 bits per heavy atom. The van der Waals surface area contributed by atoms with Crippen LogP contribution in [0.2, 0.25) is 0 Å². The van der Waals surface area contributed by atoms with E-state index in [1.807, 2.05) is 0 Å². The number of hydrogen-bond donors (Lipinski definition) is 0. The van der Waals surface area contributed by atoms with Gasteiger partial charge in [0.1, 0.15) is 0 Å². The zero-order valence-corrected chi connectivity index (χ0v) is 11.5. The molecule has 0 saturated carbocycles. The van der Waals surface area contributed by atoms with Crippen LogP contribution in [0.25, 0.3) is 0 Å². The van der Waals surface area contributed by atoms with Crippen molar-refractivity contribution in [1.29, 1.82) is 0 Å². The number of carbonyl (C=O) groups excluding carboxylic acids is 3. The van der Waals surface area contributed by atoms with Crippen molar-refractivity contribution in [3.63, 3.8) is 0 Å². The first-order chi connectivity index (χ1) is 9.01. The maximum Gasteiger partial charge on any atom is 0.417 e. The van der Waals surface area contributed by atoms with Gasteiger partial charge in [-0.05, 0) is 13.8 Å². The van der Waals surface area contributed by atoms with Gasteiger partial charge in [0.2, 0.25) is 5.91 Å². The number of amides is 2. The average Bonchev–Trinajstić information content (AvgIpc) is 2.26. The molecule has 0 aromatic rings. The monoisotopic (exact) mass is 299 g/mol. The molecule has 1 unspecified atom stereocenters. The number of esters is 1. The van der Waals surface area contributed by atoms with Crippen LogP contribution in [0.3, 0.4) is 0 Å². The molecule has 0 aliphatic carbocycles. The Hall–Kier alpha value is -1.80. The largest absolute Gasteiger partial charge is 0.469 e. The summed E-state index contributed by atoms with van der Waals surface area (Å²) in [5.74, 6) is -2.40. The van der Waals surface area contributed by atoms with E-state index in [4.69, 9.17) is 0 Å². The maximum atomic E-state index is 13.2. The van der Waals surface area contributed by atoms with Gasteiger partial charge in [-0.1, -0.05) is 0 Å². The van der Waals surface area contributed by atoms with E-state index in [1.165, 1.54) is 6.92 Å². The summed E-state index contributed by atoms with van der Waals surface area (Å²) in [6, 6.07) is 0. The molecule has 0 bridgehead atoms. The number of methoxy groups -OCH3 is 1. The van der Waals surface area contributed by atoms with Crippen LogP contribution >= 0.6 is 0 Å². The second-order valence-electron chi connectivity index (χ2n) is 4.08. The lowest BCUT2D eigenvalue weighted by Crippen LogP contribution is -2.61. The van der Waals surface area contributed by atoms with Crippen molar-refractivity contribution in [3.05, 3.63) is 0 Å². The van der Waals surface area contributed by atoms with E-state index in [0.29, 0.717) is 6.92 Å². The van der Waals surface area contributed by atoms with Crippen LogP contribution in [0.4, 0.5) is 18.0 Å². The molecule has 0 fully saturated rings. The van der Waals surface area contributed by atoms with Crippen LogP contribution in [0.15, 0.2) is 0 Å². The van der Waals surface area contributed by atoms with Crippen LogP contribution in [-0.2, 0) is 19.1 Å². The highest BCUT2D eigenvalue weighted by Gasteiger charge is 2.60. The van der Waals surface area contributed by atoms with Crippen molar-refractivity contribution in [2.45, 2.75) is 38.9 Å². The summed E-state index contributed by atoms with van der Waals surface area (Å²) in [5.41, 5.74) is -3.04. The fourth-order valence-corrected chi connectivity index (χ4v) is 1.52. The quantitative estimate of drug-likeness (QED) is 0.741. The van der Waals surface area contributed by atoms with E-state index in [0.717, 1.165) is 14.0 Å².